The van der Waals surface area contributed by atoms with E-state index in [1.54, 1.807) is 36.4 Å². The molecule has 0 aromatic heterocycles. The number of carbonyl (C=O) groups is 1. The molecule has 2 aromatic rings. The maximum absolute atomic E-state index is 11.6. The third kappa shape index (κ3) is 3.92. The van der Waals surface area contributed by atoms with E-state index in [0.29, 0.717) is 35.1 Å². The third-order valence-electron chi connectivity index (χ3n) is 3.37. The van der Waals surface area contributed by atoms with Crippen LogP contribution in [0.1, 0.15) is 24.0 Å². The average molecular weight is 320 g/mol. The Morgan fingerprint density at radius 3 is 2.50 bits per heavy atom. The minimum absolute atomic E-state index is 0.353. The van der Waals surface area contributed by atoms with Crippen LogP contribution in [0.25, 0.3) is 0 Å². The van der Waals surface area contributed by atoms with Gasteiger partial charge >= 0.3 is 5.97 Å². The summed E-state index contributed by atoms with van der Waals surface area (Å²) >= 11 is 6.15. The van der Waals surface area contributed by atoms with Crippen LogP contribution in [-0.4, -0.2) is 17.7 Å². The van der Waals surface area contributed by atoms with Crippen molar-refractivity contribution < 1.29 is 14.6 Å². The van der Waals surface area contributed by atoms with Crippen LogP contribution in [-0.2, 0) is 11.2 Å². The average Bonchev–Trinajstić information content (AvgIpc) is 2.48. The molecule has 4 nitrogen and oxygen atoms in total. The van der Waals surface area contributed by atoms with Crippen molar-refractivity contribution >= 4 is 23.3 Å². The van der Waals surface area contributed by atoms with Crippen LogP contribution in [0.5, 0.6) is 5.75 Å². The zero-order valence-electron chi connectivity index (χ0n) is 12.3. The first-order valence-corrected chi connectivity index (χ1v) is 7.38. The van der Waals surface area contributed by atoms with Gasteiger partial charge in [0.25, 0.3) is 0 Å². The summed E-state index contributed by atoms with van der Waals surface area (Å²) in [5, 5.41) is 9.96. The SMILES string of the molecule is CCOc1ccc(CC(C(=O)O)c2ccc(N)cc2)cc1Cl. The lowest BCUT2D eigenvalue weighted by Gasteiger charge is -2.14. The van der Waals surface area contributed by atoms with Gasteiger partial charge < -0.3 is 15.6 Å². The van der Waals surface area contributed by atoms with Crippen LogP contribution in [0.2, 0.25) is 5.02 Å². The fraction of sp³-hybridized carbons (Fsp3) is 0.235. The maximum Gasteiger partial charge on any atom is 0.311 e. The van der Waals surface area contributed by atoms with Crippen LogP contribution >= 0.6 is 11.6 Å². The second-order valence-corrected chi connectivity index (χ2v) is 5.37. The highest BCUT2D eigenvalue weighted by atomic mass is 35.5. The number of carboxylic acid groups (broad SMARTS) is 1. The second kappa shape index (κ2) is 7.18. The summed E-state index contributed by atoms with van der Waals surface area (Å²) in [5.74, 6) is -0.920. The van der Waals surface area contributed by atoms with E-state index in [-0.39, 0.29) is 0 Å². The first-order chi connectivity index (χ1) is 10.5. The lowest BCUT2D eigenvalue weighted by atomic mass is 9.92. The Hall–Kier alpha value is -2.20. The molecule has 2 rings (SSSR count). The monoisotopic (exact) mass is 319 g/mol. The van der Waals surface area contributed by atoms with Crippen molar-refractivity contribution in [1.82, 2.24) is 0 Å². The highest BCUT2D eigenvalue weighted by molar-refractivity contribution is 6.32. The summed E-state index contributed by atoms with van der Waals surface area (Å²) in [5.41, 5.74) is 7.81. The van der Waals surface area contributed by atoms with Crippen molar-refractivity contribution in [3.05, 3.63) is 58.6 Å². The van der Waals surface area contributed by atoms with Crippen molar-refractivity contribution in [1.29, 1.82) is 0 Å². The molecular weight excluding hydrogens is 302 g/mol. The zero-order chi connectivity index (χ0) is 16.1. The van der Waals surface area contributed by atoms with Gasteiger partial charge in [-0.25, -0.2) is 0 Å². The smallest absolute Gasteiger partial charge is 0.311 e. The molecule has 2 aromatic carbocycles. The number of halogens is 1. The number of hydrogen-bond donors (Lipinski definition) is 2. The summed E-state index contributed by atoms with van der Waals surface area (Å²) in [6.45, 7) is 2.41. The number of ether oxygens (including phenoxy) is 1. The Morgan fingerprint density at radius 2 is 1.95 bits per heavy atom. The highest BCUT2D eigenvalue weighted by Crippen LogP contribution is 2.29. The molecule has 116 valence electrons. The number of carboxylic acids is 1. The Labute approximate surface area is 134 Å². The van der Waals surface area contributed by atoms with Gasteiger partial charge in [-0.05, 0) is 48.7 Å². The summed E-state index contributed by atoms with van der Waals surface area (Å²) in [4.78, 5) is 11.6. The quantitative estimate of drug-likeness (QED) is 0.796. The van der Waals surface area contributed by atoms with Crippen LogP contribution < -0.4 is 10.5 Å². The highest BCUT2D eigenvalue weighted by Gasteiger charge is 2.20. The van der Waals surface area contributed by atoms with Crippen molar-refractivity contribution in [3.8, 4) is 5.75 Å². The van der Waals surface area contributed by atoms with Crippen molar-refractivity contribution in [2.75, 3.05) is 12.3 Å². The summed E-state index contributed by atoms with van der Waals surface area (Å²) in [7, 11) is 0. The van der Waals surface area contributed by atoms with Crippen molar-refractivity contribution in [3.63, 3.8) is 0 Å². The molecule has 3 N–H and O–H groups in total. The maximum atomic E-state index is 11.6. The van der Waals surface area contributed by atoms with E-state index in [0.717, 1.165) is 5.56 Å². The van der Waals surface area contributed by atoms with E-state index in [4.69, 9.17) is 22.1 Å². The van der Waals surface area contributed by atoms with Gasteiger partial charge in [-0.3, -0.25) is 4.79 Å². The van der Waals surface area contributed by atoms with Gasteiger partial charge in [-0.1, -0.05) is 29.8 Å². The molecule has 0 fully saturated rings. The fourth-order valence-corrected chi connectivity index (χ4v) is 2.51. The second-order valence-electron chi connectivity index (χ2n) is 4.96. The summed E-state index contributed by atoms with van der Waals surface area (Å²) in [6, 6.07) is 12.2. The molecular formula is C17H18ClNO3. The predicted octanol–water partition coefficient (Wildman–Crippen LogP) is 3.73. The molecule has 1 atom stereocenters. The van der Waals surface area contributed by atoms with Crippen LogP contribution in [0.3, 0.4) is 0 Å². The molecule has 0 aliphatic carbocycles. The number of nitrogen functional groups attached to an aromatic ring is 1. The largest absolute Gasteiger partial charge is 0.492 e. The number of rotatable bonds is 6. The molecule has 0 aliphatic heterocycles. The molecule has 0 saturated heterocycles. The van der Waals surface area contributed by atoms with E-state index >= 15 is 0 Å². The lowest BCUT2D eigenvalue weighted by Crippen LogP contribution is -2.14. The van der Waals surface area contributed by atoms with Gasteiger partial charge in [0, 0.05) is 5.69 Å². The first kappa shape index (κ1) is 16.2. The Kier molecular flexibility index (Phi) is 5.28. The van der Waals surface area contributed by atoms with Gasteiger partial charge in [0.05, 0.1) is 17.5 Å². The number of benzene rings is 2. The van der Waals surface area contributed by atoms with Gasteiger partial charge in [0.2, 0.25) is 0 Å². The Bertz CT molecular complexity index is 655. The third-order valence-corrected chi connectivity index (χ3v) is 3.67. The zero-order valence-corrected chi connectivity index (χ0v) is 13.0. The molecule has 1 unspecified atom stereocenters. The molecule has 0 radical (unpaired) electrons. The molecule has 0 aliphatic rings. The first-order valence-electron chi connectivity index (χ1n) is 7.00. The van der Waals surface area contributed by atoms with E-state index in [1.807, 2.05) is 13.0 Å². The number of nitrogens with two attached hydrogens (primary N) is 1. The van der Waals surface area contributed by atoms with Gasteiger partial charge in [-0.2, -0.15) is 0 Å². The van der Waals surface area contributed by atoms with Gasteiger partial charge in [0.15, 0.2) is 0 Å². The number of hydrogen-bond acceptors (Lipinski definition) is 3. The fourth-order valence-electron chi connectivity index (χ4n) is 2.26. The normalized spacial score (nSPS) is 11.9. The molecule has 0 saturated carbocycles. The van der Waals surface area contributed by atoms with E-state index in [1.165, 1.54) is 0 Å². The Balaban J connectivity index is 2.23. The standard InChI is InChI=1S/C17H18ClNO3/c1-2-22-16-8-3-11(10-15(16)18)9-14(17(20)21)12-4-6-13(19)7-5-12/h3-8,10,14H,2,9,19H2,1H3,(H,20,21). The minimum Gasteiger partial charge on any atom is -0.492 e. The predicted molar refractivity (Wildman–Crippen MR) is 87.6 cm³/mol. The van der Waals surface area contributed by atoms with Crippen LogP contribution in [0.4, 0.5) is 5.69 Å². The topological polar surface area (TPSA) is 72.5 Å². The minimum atomic E-state index is -0.880. The number of anilines is 1. The number of aliphatic carboxylic acids is 1. The Morgan fingerprint density at radius 1 is 1.27 bits per heavy atom. The van der Waals surface area contributed by atoms with E-state index in [9.17, 15) is 9.90 Å². The summed E-state index contributed by atoms with van der Waals surface area (Å²) in [6.07, 6.45) is 0.353. The molecule has 0 spiro atoms. The van der Waals surface area contributed by atoms with E-state index < -0.39 is 11.9 Å². The molecule has 22 heavy (non-hydrogen) atoms. The van der Waals surface area contributed by atoms with Crippen LogP contribution in [0.15, 0.2) is 42.5 Å². The lowest BCUT2D eigenvalue weighted by molar-refractivity contribution is -0.138. The van der Waals surface area contributed by atoms with Gasteiger partial charge in [-0.15, -0.1) is 0 Å². The molecule has 0 amide bonds. The summed E-state index contributed by atoms with van der Waals surface area (Å²) < 4.78 is 5.38. The molecule has 5 heteroatoms. The van der Waals surface area contributed by atoms with Crippen molar-refractivity contribution in [2.45, 2.75) is 19.3 Å². The molecule has 0 bridgehead atoms. The van der Waals surface area contributed by atoms with Crippen molar-refractivity contribution in [2.24, 2.45) is 0 Å². The molecule has 0 heterocycles. The van der Waals surface area contributed by atoms with E-state index in [2.05, 4.69) is 0 Å². The van der Waals surface area contributed by atoms with Gasteiger partial charge in [0.1, 0.15) is 5.75 Å². The van der Waals surface area contributed by atoms with Crippen LogP contribution in [0, 0.1) is 0 Å².